The second-order valence-electron chi connectivity index (χ2n) is 16.8. The van der Waals surface area contributed by atoms with Crippen LogP contribution in [0.3, 0.4) is 0 Å². The minimum atomic E-state index is -0.457. The lowest BCUT2D eigenvalue weighted by molar-refractivity contribution is 0.697. The first-order chi connectivity index (χ1) is 31.3. The maximum atomic E-state index is 5.38. The van der Waals surface area contributed by atoms with Gasteiger partial charge in [0.05, 0.1) is 27.8 Å². The van der Waals surface area contributed by atoms with Crippen LogP contribution < -0.4 is 0 Å². The van der Waals surface area contributed by atoms with Crippen molar-refractivity contribution in [2.24, 2.45) is 0 Å². The molecule has 0 fully saturated rings. The fourth-order valence-electron chi connectivity index (χ4n) is 11.0. The van der Waals surface area contributed by atoms with Gasteiger partial charge in [-0.1, -0.05) is 206 Å². The Bertz CT molecular complexity index is 3420. The molecule has 0 atom stereocenters. The van der Waals surface area contributed by atoms with Crippen LogP contribution in [0.15, 0.2) is 231 Å². The van der Waals surface area contributed by atoms with Crippen molar-refractivity contribution in [3.8, 4) is 50.7 Å². The molecule has 0 radical (unpaired) electrons. The van der Waals surface area contributed by atoms with Gasteiger partial charge < -0.3 is 0 Å². The van der Waals surface area contributed by atoms with Crippen molar-refractivity contribution in [3.63, 3.8) is 0 Å². The topological polar surface area (TPSA) is 30.7 Å². The third-order valence-corrected chi connectivity index (χ3v) is 13.6. The number of para-hydroxylation sites is 1. The van der Waals surface area contributed by atoms with E-state index in [-0.39, 0.29) is 5.92 Å². The van der Waals surface area contributed by atoms with E-state index in [9.17, 15) is 0 Å². The molecule has 3 heteroatoms. The average Bonchev–Trinajstić information content (AvgIpc) is 3.85. The van der Waals surface area contributed by atoms with E-state index in [1.165, 1.54) is 66.6 Å². The van der Waals surface area contributed by atoms with Crippen LogP contribution in [0.4, 0.5) is 0 Å². The molecule has 1 spiro atoms. The van der Waals surface area contributed by atoms with E-state index < -0.39 is 5.41 Å². The van der Waals surface area contributed by atoms with Crippen LogP contribution >= 0.6 is 0 Å². The Morgan fingerprint density at radius 2 is 0.794 bits per heavy atom. The molecule has 0 bridgehead atoms. The van der Waals surface area contributed by atoms with Gasteiger partial charge >= 0.3 is 0 Å². The minimum absolute atomic E-state index is 0.0491. The predicted molar refractivity (Wildman–Crippen MR) is 257 cm³/mol. The Labute approximate surface area is 366 Å². The van der Waals surface area contributed by atoms with Crippen molar-refractivity contribution in [2.45, 2.75) is 11.3 Å². The maximum absolute atomic E-state index is 5.38. The highest BCUT2D eigenvalue weighted by atomic mass is 15.2. The highest BCUT2D eigenvalue weighted by Gasteiger charge is 2.51. The summed E-state index contributed by atoms with van der Waals surface area (Å²) in [5, 5.41) is 2.33. The molecule has 9 aromatic carbocycles. The van der Waals surface area contributed by atoms with Crippen LogP contribution in [0, 0.1) is 0 Å². The lowest BCUT2D eigenvalue weighted by Crippen LogP contribution is -2.36. The lowest BCUT2D eigenvalue weighted by Gasteiger charge is -2.43. The van der Waals surface area contributed by atoms with E-state index in [2.05, 4.69) is 223 Å². The summed E-state index contributed by atoms with van der Waals surface area (Å²) in [7, 11) is 0. The monoisotopic (exact) mass is 801 g/mol. The summed E-state index contributed by atoms with van der Waals surface area (Å²) in [5.41, 5.74) is 19.8. The van der Waals surface area contributed by atoms with Crippen LogP contribution in [-0.4, -0.2) is 14.5 Å². The van der Waals surface area contributed by atoms with E-state index >= 15 is 0 Å². The number of benzene rings is 9. The largest absolute Gasteiger partial charge is 0.278 e. The standard InChI is InChI=1S/C60H39N3/c1-4-20-39(21-5-1)47-37-57-48(44-28-14-19-35-56(44)63(57)59-61-54(40-22-6-2-7-23-40)38-55(62-59)41-24-8-3-9-25-41)36-49(47)58-45-29-12-17-33-52(45)60(53-34-18-13-30-46(53)58)50-31-15-10-26-42(50)43-27-11-16-32-51(43)60/h1-38,58H. The Kier molecular flexibility index (Phi) is 7.88. The molecular formula is C60H39N3. The van der Waals surface area contributed by atoms with E-state index in [1.54, 1.807) is 0 Å². The average molecular weight is 802 g/mol. The first kappa shape index (κ1) is 35.6. The van der Waals surface area contributed by atoms with Crippen molar-refractivity contribution in [2.75, 3.05) is 0 Å². The van der Waals surface area contributed by atoms with Crippen LogP contribution in [0.2, 0.25) is 0 Å². The molecule has 294 valence electrons. The molecular weight excluding hydrogens is 763 g/mol. The third-order valence-electron chi connectivity index (χ3n) is 13.6. The fourth-order valence-corrected chi connectivity index (χ4v) is 11.0. The van der Waals surface area contributed by atoms with Gasteiger partial charge in [0.2, 0.25) is 5.95 Å². The second kappa shape index (κ2) is 14.0. The summed E-state index contributed by atoms with van der Waals surface area (Å²) in [5.74, 6) is 0.592. The third kappa shape index (κ3) is 5.20. The summed E-state index contributed by atoms with van der Waals surface area (Å²) < 4.78 is 2.28. The summed E-state index contributed by atoms with van der Waals surface area (Å²) >= 11 is 0. The highest BCUT2D eigenvalue weighted by Crippen LogP contribution is 2.62. The van der Waals surface area contributed by atoms with Crippen molar-refractivity contribution in [1.82, 2.24) is 14.5 Å². The molecule has 0 saturated carbocycles. The van der Waals surface area contributed by atoms with Crippen LogP contribution in [0.25, 0.3) is 72.5 Å². The maximum Gasteiger partial charge on any atom is 0.235 e. The van der Waals surface area contributed by atoms with E-state index in [4.69, 9.17) is 9.97 Å². The zero-order valence-electron chi connectivity index (χ0n) is 34.4. The molecule has 3 nitrogen and oxygen atoms in total. The van der Waals surface area contributed by atoms with Gasteiger partial charge in [0.1, 0.15) is 0 Å². The summed E-state index contributed by atoms with van der Waals surface area (Å²) in [6, 6.07) is 84.2. The molecule has 0 amide bonds. The highest BCUT2D eigenvalue weighted by molar-refractivity contribution is 6.11. The molecule has 13 rings (SSSR count). The number of hydrogen-bond donors (Lipinski definition) is 0. The number of nitrogens with zero attached hydrogens (tertiary/aromatic N) is 3. The van der Waals surface area contributed by atoms with Gasteiger partial charge in [0.25, 0.3) is 0 Å². The van der Waals surface area contributed by atoms with Gasteiger partial charge in [0.15, 0.2) is 0 Å². The molecule has 0 N–H and O–H groups in total. The van der Waals surface area contributed by atoms with Gasteiger partial charge in [-0.25, -0.2) is 9.97 Å². The van der Waals surface area contributed by atoms with Crippen molar-refractivity contribution in [1.29, 1.82) is 0 Å². The zero-order valence-corrected chi connectivity index (χ0v) is 34.4. The normalized spacial score (nSPS) is 13.5. The Balaban J connectivity index is 1.12. The second-order valence-corrected chi connectivity index (χ2v) is 16.8. The molecule has 2 aromatic heterocycles. The quantitative estimate of drug-likeness (QED) is 0.174. The molecule has 63 heavy (non-hydrogen) atoms. The first-order valence-corrected chi connectivity index (χ1v) is 21.8. The molecule has 2 aliphatic carbocycles. The van der Waals surface area contributed by atoms with Crippen LogP contribution in [0.5, 0.6) is 0 Å². The van der Waals surface area contributed by atoms with Gasteiger partial charge in [0, 0.05) is 27.8 Å². The molecule has 11 aromatic rings. The van der Waals surface area contributed by atoms with Gasteiger partial charge in [-0.3, -0.25) is 4.57 Å². The number of rotatable bonds is 5. The van der Waals surface area contributed by atoms with Crippen molar-refractivity contribution >= 4 is 21.8 Å². The Morgan fingerprint density at radius 3 is 1.37 bits per heavy atom. The Morgan fingerprint density at radius 1 is 0.333 bits per heavy atom. The molecule has 0 aliphatic heterocycles. The van der Waals surface area contributed by atoms with Crippen molar-refractivity contribution in [3.05, 3.63) is 269 Å². The number of fused-ring (bicyclic) bond motifs is 12. The lowest BCUT2D eigenvalue weighted by atomic mass is 9.58. The first-order valence-electron chi connectivity index (χ1n) is 21.8. The van der Waals surface area contributed by atoms with E-state index in [1.807, 2.05) is 12.1 Å². The summed E-state index contributed by atoms with van der Waals surface area (Å²) in [6.45, 7) is 0. The summed E-state index contributed by atoms with van der Waals surface area (Å²) in [6.07, 6.45) is 0. The fraction of sp³-hybridized carbons (Fsp3) is 0.0333. The predicted octanol–water partition coefficient (Wildman–Crippen LogP) is 14.4. The molecule has 2 aliphatic rings. The SMILES string of the molecule is c1ccc(-c2cc(-c3ccccc3)nc(-n3c4ccccc4c4cc(C5c6ccccc6C6(c7ccccc7-c7ccccc76)c6ccccc65)c(-c5ccccc5)cc43)n2)cc1. The van der Waals surface area contributed by atoms with Crippen molar-refractivity contribution < 1.29 is 0 Å². The smallest absolute Gasteiger partial charge is 0.235 e. The van der Waals surface area contributed by atoms with Crippen LogP contribution in [0.1, 0.15) is 44.9 Å². The Hall–Kier alpha value is -8.14. The van der Waals surface area contributed by atoms with Gasteiger partial charge in [-0.2, -0.15) is 0 Å². The number of aromatic nitrogens is 3. The number of hydrogen-bond acceptors (Lipinski definition) is 2. The van der Waals surface area contributed by atoms with Crippen LogP contribution in [-0.2, 0) is 5.41 Å². The van der Waals surface area contributed by atoms with Gasteiger partial charge in [-0.05, 0) is 85.5 Å². The zero-order chi connectivity index (χ0) is 41.5. The van der Waals surface area contributed by atoms with E-state index in [0.717, 1.165) is 38.9 Å². The molecule has 2 heterocycles. The summed E-state index contributed by atoms with van der Waals surface area (Å²) in [4.78, 5) is 10.8. The molecule has 0 unspecified atom stereocenters. The molecule has 0 saturated heterocycles. The van der Waals surface area contributed by atoms with Gasteiger partial charge in [-0.15, -0.1) is 0 Å². The minimum Gasteiger partial charge on any atom is -0.278 e. The van der Waals surface area contributed by atoms with E-state index in [0.29, 0.717) is 5.95 Å².